The normalized spacial score (nSPS) is 17.9. The van der Waals surface area contributed by atoms with Gasteiger partial charge in [0.2, 0.25) is 6.41 Å². The van der Waals surface area contributed by atoms with E-state index in [0.717, 1.165) is 6.41 Å². The van der Waals surface area contributed by atoms with E-state index in [4.69, 9.17) is 4.74 Å². The Kier molecular flexibility index (Phi) is 2.59. The van der Waals surface area contributed by atoms with Gasteiger partial charge in [0.15, 0.2) is 0 Å². The van der Waals surface area contributed by atoms with Gasteiger partial charge in [-0.2, -0.15) is 0 Å². The molecule has 74 valence electrons. The Morgan fingerprint density at radius 2 is 2.00 bits per heavy atom. The van der Waals surface area contributed by atoms with Crippen molar-refractivity contribution in [2.75, 3.05) is 13.1 Å². The van der Waals surface area contributed by atoms with Gasteiger partial charge in [0, 0.05) is 13.1 Å². The zero-order valence-electron chi connectivity index (χ0n) is 8.24. The molecule has 1 rings (SSSR count). The quantitative estimate of drug-likeness (QED) is 0.462. The van der Waals surface area contributed by atoms with Crippen molar-refractivity contribution < 1.29 is 14.3 Å². The molecule has 1 saturated heterocycles. The third-order valence-corrected chi connectivity index (χ3v) is 1.80. The highest BCUT2D eigenvalue weighted by molar-refractivity contribution is 5.75. The van der Waals surface area contributed by atoms with Gasteiger partial charge in [0.25, 0.3) is 0 Å². The standard InChI is InChI=1S/C9H15NO3/c1-9(2,3)13-8(12)7-4-10(5-7)6-11/h6-7H,4-5H2,1-3H3. The lowest BCUT2D eigenvalue weighted by molar-refractivity contribution is -0.166. The summed E-state index contributed by atoms with van der Waals surface area (Å²) < 4.78 is 5.15. The number of likely N-dealkylation sites (tertiary alicyclic amines) is 1. The predicted octanol–water partition coefficient (Wildman–Crippen LogP) is 0.416. The lowest BCUT2D eigenvalue weighted by Crippen LogP contribution is -2.51. The van der Waals surface area contributed by atoms with Crippen molar-refractivity contribution in [2.24, 2.45) is 5.92 Å². The average molecular weight is 185 g/mol. The zero-order chi connectivity index (χ0) is 10.1. The Bertz CT molecular complexity index is 213. The summed E-state index contributed by atoms with van der Waals surface area (Å²) in [5.41, 5.74) is -0.432. The summed E-state index contributed by atoms with van der Waals surface area (Å²) in [6.07, 6.45) is 0.751. The lowest BCUT2D eigenvalue weighted by atomic mass is 10.0. The van der Waals surface area contributed by atoms with Crippen molar-refractivity contribution >= 4 is 12.4 Å². The van der Waals surface area contributed by atoms with Gasteiger partial charge in [-0.3, -0.25) is 9.59 Å². The summed E-state index contributed by atoms with van der Waals surface area (Å²) in [6, 6.07) is 0. The van der Waals surface area contributed by atoms with Crippen LogP contribution < -0.4 is 0 Å². The van der Waals surface area contributed by atoms with Crippen LogP contribution in [-0.4, -0.2) is 36.0 Å². The number of carbonyl (C=O) groups is 2. The van der Waals surface area contributed by atoms with E-state index in [0.29, 0.717) is 13.1 Å². The lowest BCUT2D eigenvalue weighted by Gasteiger charge is -2.36. The van der Waals surface area contributed by atoms with E-state index in [1.807, 2.05) is 20.8 Å². The highest BCUT2D eigenvalue weighted by Gasteiger charge is 2.34. The van der Waals surface area contributed by atoms with E-state index in [1.54, 1.807) is 4.90 Å². The second-order valence-electron chi connectivity index (χ2n) is 4.29. The molecule has 0 atom stereocenters. The van der Waals surface area contributed by atoms with E-state index in [9.17, 15) is 9.59 Å². The van der Waals surface area contributed by atoms with Crippen molar-refractivity contribution in [1.29, 1.82) is 0 Å². The van der Waals surface area contributed by atoms with Gasteiger partial charge >= 0.3 is 5.97 Å². The Morgan fingerprint density at radius 1 is 1.46 bits per heavy atom. The molecule has 0 saturated carbocycles. The third-order valence-electron chi connectivity index (χ3n) is 1.80. The van der Waals surface area contributed by atoms with Crippen LogP contribution in [0.5, 0.6) is 0 Å². The molecule has 0 aromatic carbocycles. The largest absolute Gasteiger partial charge is 0.460 e. The van der Waals surface area contributed by atoms with Crippen molar-refractivity contribution in [3.63, 3.8) is 0 Å². The first kappa shape index (κ1) is 10.0. The van der Waals surface area contributed by atoms with Crippen LogP contribution in [0, 0.1) is 5.92 Å². The molecule has 0 aromatic rings. The zero-order valence-corrected chi connectivity index (χ0v) is 8.24. The van der Waals surface area contributed by atoms with Crippen molar-refractivity contribution in [2.45, 2.75) is 26.4 Å². The Morgan fingerprint density at radius 3 is 2.38 bits per heavy atom. The molecule has 4 nitrogen and oxygen atoms in total. The number of ether oxygens (including phenoxy) is 1. The van der Waals surface area contributed by atoms with E-state index in [2.05, 4.69) is 0 Å². The minimum atomic E-state index is -0.432. The fraction of sp³-hybridized carbons (Fsp3) is 0.778. The number of rotatable bonds is 2. The molecule has 4 heteroatoms. The minimum absolute atomic E-state index is 0.121. The van der Waals surface area contributed by atoms with E-state index in [-0.39, 0.29) is 11.9 Å². The SMILES string of the molecule is CC(C)(C)OC(=O)C1CN(C=O)C1. The highest BCUT2D eigenvalue weighted by Crippen LogP contribution is 2.18. The van der Waals surface area contributed by atoms with Crippen LogP contribution >= 0.6 is 0 Å². The maximum absolute atomic E-state index is 11.3. The third kappa shape index (κ3) is 2.72. The summed E-state index contributed by atoms with van der Waals surface area (Å²) in [5.74, 6) is -0.324. The van der Waals surface area contributed by atoms with Gasteiger partial charge in [-0.25, -0.2) is 0 Å². The fourth-order valence-electron chi connectivity index (χ4n) is 1.13. The predicted molar refractivity (Wildman–Crippen MR) is 47.0 cm³/mol. The number of amides is 1. The summed E-state index contributed by atoms with van der Waals surface area (Å²) in [5, 5.41) is 0. The molecule has 0 aliphatic carbocycles. The Labute approximate surface area is 77.8 Å². The maximum atomic E-state index is 11.3. The molecular formula is C9H15NO3. The van der Waals surface area contributed by atoms with Crippen LogP contribution in [0.15, 0.2) is 0 Å². The molecule has 1 amide bonds. The molecule has 1 aliphatic heterocycles. The second-order valence-corrected chi connectivity index (χ2v) is 4.29. The van der Waals surface area contributed by atoms with E-state index in [1.165, 1.54) is 0 Å². The number of carbonyl (C=O) groups excluding carboxylic acids is 2. The van der Waals surface area contributed by atoms with Crippen molar-refractivity contribution in [1.82, 2.24) is 4.90 Å². The number of nitrogens with zero attached hydrogens (tertiary/aromatic N) is 1. The monoisotopic (exact) mass is 185 g/mol. The first-order valence-electron chi connectivity index (χ1n) is 4.34. The summed E-state index contributed by atoms with van der Waals surface area (Å²) in [6.45, 7) is 6.50. The average Bonchev–Trinajstić information content (AvgIpc) is 1.79. The number of hydrogen-bond donors (Lipinski definition) is 0. The molecule has 0 spiro atoms. The molecule has 1 heterocycles. The van der Waals surface area contributed by atoms with Crippen LogP contribution in [0.2, 0.25) is 0 Å². The maximum Gasteiger partial charge on any atom is 0.313 e. The molecule has 0 aromatic heterocycles. The molecular weight excluding hydrogens is 170 g/mol. The first-order chi connectivity index (χ1) is 5.92. The minimum Gasteiger partial charge on any atom is -0.460 e. The molecule has 13 heavy (non-hydrogen) atoms. The summed E-state index contributed by atoms with van der Waals surface area (Å²) in [4.78, 5) is 23.1. The Balaban J connectivity index is 2.31. The van der Waals surface area contributed by atoms with Crippen LogP contribution in [0.3, 0.4) is 0 Å². The molecule has 0 radical (unpaired) electrons. The smallest absolute Gasteiger partial charge is 0.313 e. The topological polar surface area (TPSA) is 46.6 Å². The van der Waals surface area contributed by atoms with E-state index >= 15 is 0 Å². The summed E-state index contributed by atoms with van der Waals surface area (Å²) >= 11 is 0. The van der Waals surface area contributed by atoms with Crippen molar-refractivity contribution in [3.8, 4) is 0 Å². The van der Waals surface area contributed by atoms with E-state index < -0.39 is 5.60 Å². The van der Waals surface area contributed by atoms with Crippen LogP contribution in [-0.2, 0) is 14.3 Å². The first-order valence-corrected chi connectivity index (χ1v) is 4.34. The fourth-order valence-corrected chi connectivity index (χ4v) is 1.13. The van der Waals surface area contributed by atoms with Gasteiger partial charge in [-0.1, -0.05) is 0 Å². The number of hydrogen-bond acceptors (Lipinski definition) is 3. The molecule has 1 fully saturated rings. The van der Waals surface area contributed by atoms with Gasteiger partial charge in [-0.15, -0.1) is 0 Å². The van der Waals surface area contributed by atoms with Crippen molar-refractivity contribution in [3.05, 3.63) is 0 Å². The van der Waals surface area contributed by atoms with Crippen LogP contribution in [0.1, 0.15) is 20.8 Å². The molecule has 1 aliphatic rings. The Hall–Kier alpha value is -1.06. The second kappa shape index (κ2) is 3.36. The van der Waals surface area contributed by atoms with Crippen LogP contribution in [0.25, 0.3) is 0 Å². The van der Waals surface area contributed by atoms with Crippen LogP contribution in [0.4, 0.5) is 0 Å². The molecule has 0 bridgehead atoms. The summed E-state index contributed by atoms with van der Waals surface area (Å²) in [7, 11) is 0. The molecule has 0 unspecified atom stereocenters. The van der Waals surface area contributed by atoms with Gasteiger partial charge in [-0.05, 0) is 20.8 Å². The van der Waals surface area contributed by atoms with Gasteiger partial charge in [0.1, 0.15) is 5.60 Å². The molecule has 0 N–H and O–H groups in total. The van der Waals surface area contributed by atoms with Gasteiger partial charge in [0.05, 0.1) is 5.92 Å². The highest BCUT2D eigenvalue weighted by atomic mass is 16.6. The number of esters is 1. The van der Waals surface area contributed by atoms with Gasteiger partial charge < -0.3 is 9.64 Å².